The molecule has 1 fully saturated rings. The summed E-state index contributed by atoms with van der Waals surface area (Å²) in [7, 11) is -3.40. The summed E-state index contributed by atoms with van der Waals surface area (Å²) in [6.45, 7) is -0.244. The maximum Gasteiger partial charge on any atom is 0.235 e. The van der Waals surface area contributed by atoms with Crippen LogP contribution >= 0.6 is 11.6 Å². The van der Waals surface area contributed by atoms with Crippen LogP contribution in [-0.4, -0.2) is 25.4 Å². The molecule has 0 heterocycles. The highest BCUT2D eigenvalue weighted by Gasteiger charge is 2.29. The third kappa shape index (κ3) is 3.66. The van der Waals surface area contributed by atoms with E-state index in [0.717, 1.165) is 12.8 Å². The Labute approximate surface area is 124 Å². The normalized spacial score (nSPS) is 15.7. The van der Waals surface area contributed by atoms with Crippen molar-refractivity contribution in [3.63, 3.8) is 0 Å². The molecule has 108 valence electrons. The Hall–Kier alpha value is -1.22. The second-order valence-electron chi connectivity index (χ2n) is 4.71. The van der Waals surface area contributed by atoms with Crippen molar-refractivity contribution in [2.75, 3.05) is 11.3 Å². The summed E-state index contributed by atoms with van der Waals surface area (Å²) in [4.78, 5) is 0. The summed E-state index contributed by atoms with van der Waals surface area (Å²) in [6, 6.07) is 4.85. The molecule has 0 atom stereocenters. The molecule has 0 radical (unpaired) electrons. The van der Waals surface area contributed by atoms with E-state index < -0.39 is 10.0 Å². The van der Waals surface area contributed by atoms with Gasteiger partial charge in [0.2, 0.25) is 10.0 Å². The van der Waals surface area contributed by atoms with Crippen molar-refractivity contribution in [1.29, 1.82) is 0 Å². The number of anilines is 1. The predicted octanol–water partition coefficient (Wildman–Crippen LogP) is 2.37. The van der Waals surface area contributed by atoms with Crippen molar-refractivity contribution in [3.8, 4) is 11.8 Å². The number of aliphatic hydroxyl groups excluding tert-OH is 1. The zero-order valence-corrected chi connectivity index (χ0v) is 12.5. The molecule has 1 aliphatic carbocycles. The van der Waals surface area contributed by atoms with Crippen LogP contribution in [0.1, 0.15) is 31.2 Å². The molecule has 2 rings (SSSR count). The van der Waals surface area contributed by atoms with Crippen LogP contribution in [0.15, 0.2) is 18.2 Å². The Kier molecular flexibility index (Phi) is 4.92. The summed E-state index contributed by atoms with van der Waals surface area (Å²) in [5.74, 6) is 5.24. The van der Waals surface area contributed by atoms with Gasteiger partial charge in [0.05, 0.1) is 16.0 Å². The van der Waals surface area contributed by atoms with Gasteiger partial charge in [0.1, 0.15) is 6.61 Å². The first-order valence-corrected chi connectivity index (χ1v) is 8.36. The van der Waals surface area contributed by atoms with Crippen LogP contribution in [-0.2, 0) is 10.0 Å². The van der Waals surface area contributed by atoms with E-state index in [2.05, 4.69) is 16.6 Å². The predicted molar refractivity (Wildman–Crippen MR) is 80.2 cm³/mol. The van der Waals surface area contributed by atoms with Crippen LogP contribution in [0.3, 0.4) is 0 Å². The van der Waals surface area contributed by atoms with Crippen molar-refractivity contribution in [3.05, 3.63) is 28.8 Å². The van der Waals surface area contributed by atoms with Crippen LogP contribution in [0.5, 0.6) is 0 Å². The van der Waals surface area contributed by atoms with E-state index in [9.17, 15) is 8.42 Å². The smallest absolute Gasteiger partial charge is 0.235 e. The molecule has 0 unspecified atom stereocenters. The van der Waals surface area contributed by atoms with Gasteiger partial charge < -0.3 is 5.11 Å². The third-order valence-electron chi connectivity index (χ3n) is 3.27. The third-order valence-corrected chi connectivity index (χ3v) is 5.45. The summed E-state index contributed by atoms with van der Waals surface area (Å²) in [6.07, 6.45) is 3.27. The number of hydrogen-bond acceptors (Lipinski definition) is 3. The van der Waals surface area contributed by atoms with Gasteiger partial charge in [0.25, 0.3) is 0 Å². The van der Waals surface area contributed by atoms with E-state index in [1.54, 1.807) is 18.2 Å². The van der Waals surface area contributed by atoms with Gasteiger partial charge in [-0.15, -0.1) is 0 Å². The summed E-state index contributed by atoms with van der Waals surface area (Å²) in [5, 5.41) is 8.66. The standard InChI is InChI=1S/C14H16ClNO3S/c15-13-8-7-11(4-3-9-17)10-14(13)16-20(18,19)12-5-1-2-6-12/h7-8,10,12,16-17H,1-2,5-6,9H2. The Morgan fingerprint density at radius 2 is 2.05 bits per heavy atom. The van der Waals surface area contributed by atoms with Gasteiger partial charge in [-0.1, -0.05) is 36.3 Å². The highest BCUT2D eigenvalue weighted by molar-refractivity contribution is 7.93. The van der Waals surface area contributed by atoms with Crippen LogP contribution in [0.4, 0.5) is 5.69 Å². The van der Waals surface area contributed by atoms with E-state index in [1.807, 2.05) is 0 Å². The molecule has 0 saturated heterocycles. The topological polar surface area (TPSA) is 66.4 Å². The highest BCUT2D eigenvalue weighted by atomic mass is 35.5. The second-order valence-corrected chi connectivity index (χ2v) is 7.08. The molecule has 6 heteroatoms. The minimum atomic E-state index is -3.40. The fourth-order valence-electron chi connectivity index (χ4n) is 2.26. The maximum absolute atomic E-state index is 12.2. The number of aliphatic hydroxyl groups is 1. The lowest BCUT2D eigenvalue weighted by Crippen LogP contribution is -2.25. The van der Waals surface area contributed by atoms with Crippen LogP contribution in [0.2, 0.25) is 5.02 Å². The molecule has 0 bridgehead atoms. The molecule has 1 aromatic carbocycles. The lowest BCUT2D eigenvalue weighted by molar-refractivity contribution is 0.350. The molecule has 0 spiro atoms. The van der Waals surface area contributed by atoms with Gasteiger partial charge in [-0.05, 0) is 31.0 Å². The zero-order chi connectivity index (χ0) is 14.6. The summed E-state index contributed by atoms with van der Waals surface area (Å²) >= 11 is 6.02. The Balaban J connectivity index is 2.23. The molecule has 1 aromatic rings. The first kappa shape index (κ1) is 15.2. The van der Waals surface area contributed by atoms with E-state index in [-0.39, 0.29) is 11.9 Å². The number of hydrogen-bond donors (Lipinski definition) is 2. The number of halogens is 1. The van der Waals surface area contributed by atoms with Crippen molar-refractivity contribution >= 4 is 27.3 Å². The molecular weight excluding hydrogens is 298 g/mol. The molecular formula is C14H16ClNO3S. The lowest BCUT2D eigenvalue weighted by Gasteiger charge is -2.14. The zero-order valence-electron chi connectivity index (χ0n) is 10.9. The molecule has 0 aromatic heterocycles. The van der Waals surface area contributed by atoms with E-state index in [0.29, 0.717) is 29.1 Å². The summed E-state index contributed by atoms with van der Waals surface area (Å²) in [5.41, 5.74) is 0.941. The van der Waals surface area contributed by atoms with Gasteiger partial charge in [-0.25, -0.2) is 8.42 Å². The van der Waals surface area contributed by atoms with E-state index >= 15 is 0 Å². The first-order chi connectivity index (χ1) is 9.53. The van der Waals surface area contributed by atoms with Crippen LogP contribution in [0, 0.1) is 11.8 Å². The lowest BCUT2D eigenvalue weighted by atomic mass is 10.2. The van der Waals surface area contributed by atoms with E-state index in [4.69, 9.17) is 16.7 Å². The van der Waals surface area contributed by atoms with Gasteiger partial charge in [-0.2, -0.15) is 0 Å². The number of benzene rings is 1. The van der Waals surface area contributed by atoms with Gasteiger partial charge >= 0.3 is 0 Å². The fraction of sp³-hybridized carbons (Fsp3) is 0.429. The largest absolute Gasteiger partial charge is 0.384 e. The van der Waals surface area contributed by atoms with Gasteiger partial charge in [-0.3, -0.25) is 4.72 Å². The number of nitrogens with one attached hydrogen (secondary N) is 1. The van der Waals surface area contributed by atoms with Crippen LogP contribution < -0.4 is 4.72 Å². The molecule has 20 heavy (non-hydrogen) atoms. The molecule has 0 amide bonds. The molecule has 4 nitrogen and oxygen atoms in total. The average molecular weight is 314 g/mol. The summed E-state index contributed by atoms with van der Waals surface area (Å²) < 4.78 is 27.0. The fourth-order valence-corrected chi connectivity index (χ4v) is 4.07. The Bertz CT molecular complexity index is 640. The molecule has 1 saturated carbocycles. The second kappa shape index (κ2) is 6.49. The van der Waals surface area contributed by atoms with Crippen molar-refractivity contribution in [2.45, 2.75) is 30.9 Å². The van der Waals surface area contributed by atoms with Crippen molar-refractivity contribution in [2.24, 2.45) is 0 Å². The minimum absolute atomic E-state index is 0.244. The van der Waals surface area contributed by atoms with Crippen molar-refractivity contribution in [1.82, 2.24) is 0 Å². The van der Waals surface area contributed by atoms with Gasteiger partial charge in [0, 0.05) is 5.56 Å². The molecule has 2 N–H and O–H groups in total. The Morgan fingerprint density at radius 3 is 2.70 bits per heavy atom. The minimum Gasteiger partial charge on any atom is -0.384 e. The number of sulfonamides is 1. The number of rotatable bonds is 3. The van der Waals surface area contributed by atoms with Crippen molar-refractivity contribution < 1.29 is 13.5 Å². The van der Waals surface area contributed by atoms with Gasteiger partial charge in [0.15, 0.2) is 0 Å². The molecule has 1 aliphatic rings. The maximum atomic E-state index is 12.2. The highest BCUT2D eigenvalue weighted by Crippen LogP contribution is 2.29. The van der Waals surface area contributed by atoms with E-state index in [1.165, 1.54) is 0 Å². The average Bonchev–Trinajstić information content (AvgIpc) is 2.94. The Morgan fingerprint density at radius 1 is 1.35 bits per heavy atom. The van der Waals surface area contributed by atoms with Crippen LogP contribution in [0.25, 0.3) is 0 Å². The molecule has 0 aliphatic heterocycles. The monoisotopic (exact) mass is 313 g/mol. The SMILES string of the molecule is O=S(=O)(Nc1cc(C#CCO)ccc1Cl)C1CCCC1. The quantitative estimate of drug-likeness (QED) is 0.842. The first-order valence-electron chi connectivity index (χ1n) is 6.44.